The molecule has 0 saturated carbocycles. The molecule has 0 radical (unpaired) electrons. The van der Waals surface area contributed by atoms with Gasteiger partial charge in [-0.05, 0) is 19.1 Å². The normalized spacial score (nSPS) is 10.7. The number of carbonyl (C=O) groups is 2. The van der Waals surface area contributed by atoms with Crippen molar-refractivity contribution in [2.45, 2.75) is 13.3 Å². The number of aryl methyl sites for hydroxylation is 1. The Kier molecular flexibility index (Phi) is 4.61. The maximum absolute atomic E-state index is 12.0. The molecule has 0 aliphatic carbocycles. The van der Waals surface area contributed by atoms with Gasteiger partial charge in [-0.15, -0.1) is 0 Å². The number of benzene rings is 2. The van der Waals surface area contributed by atoms with Gasteiger partial charge in [0.25, 0.3) is 5.91 Å². The molecule has 0 aromatic heterocycles. The van der Waals surface area contributed by atoms with Crippen LogP contribution in [0, 0.1) is 6.92 Å². The fourth-order valence-electron chi connectivity index (χ4n) is 1.88. The first-order chi connectivity index (χ1) is 10.1. The van der Waals surface area contributed by atoms with Gasteiger partial charge in [0.05, 0.1) is 11.3 Å². The van der Waals surface area contributed by atoms with Gasteiger partial charge in [-0.25, -0.2) is 0 Å². The van der Waals surface area contributed by atoms with Gasteiger partial charge >= 0.3 is 0 Å². The number of hydrogen-bond acceptors (Lipinski definition) is 3. The van der Waals surface area contributed by atoms with Crippen LogP contribution in [0.1, 0.15) is 32.7 Å². The van der Waals surface area contributed by atoms with E-state index in [-0.39, 0.29) is 12.2 Å². The van der Waals surface area contributed by atoms with Gasteiger partial charge in [0.1, 0.15) is 0 Å². The van der Waals surface area contributed by atoms with Crippen LogP contribution in [0.3, 0.4) is 0 Å². The first-order valence-electron chi connectivity index (χ1n) is 6.59. The predicted octanol–water partition coefficient (Wildman–Crippen LogP) is 3.07. The third-order valence-electron chi connectivity index (χ3n) is 3.05. The lowest BCUT2D eigenvalue weighted by molar-refractivity contribution is 0.0993. The van der Waals surface area contributed by atoms with Crippen molar-refractivity contribution in [3.8, 4) is 0 Å². The molecule has 2 aromatic rings. The summed E-state index contributed by atoms with van der Waals surface area (Å²) in [5, 5.41) is 0. The third kappa shape index (κ3) is 3.86. The van der Waals surface area contributed by atoms with E-state index in [1.165, 1.54) is 6.21 Å². The Morgan fingerprint density at radius 1 is 1.10 bits per heavy atom. The van der Waals surface area contributed by atoms with E-state index >= 15 is 0 Å². The first kappa shape index (κ1) is 14.7. The highest BCUT2D eigenvalue weighted by molar-refractivity contribution is 6.04. The topological polar surface area (TPSA) is 72.5 Å². The van der Waals surface area contributed by atoms with E-state index in [4.69, 9.17) is 5.73 Å². The van der Waals surface area contributed by atoms with Gasteiger partial charge in [-0.1, -0.05) is 42.0 Å². The molecule has 0 saturated heterocycles. The highest BCUT2D eigenvalue weighted by Crippen LogP contribution is 2.17. The summed E-state index contributed by atoms with van der Waals surface area (Å²) >= 11 is 0. The smallest absolute Gasteiger partial charge is 0.250 e. The van der Waals surface area contributed by atoms with Crippen LogP contribution in [-0.2, 0) is 0 Å². The number of Topliss-reactive ketones (excluding diaryl/α,β-unsaturated/α-hetero) is 1. The minimum atomic E-state index is -0.535. The third-order valence-corrected chi connectivity index (χ3v) is 3.05. The Hall–Kier alpha value is -2.75. The van der Waals surface area contributed by atoms with E-state index in [9.17, 15) is 9.59 Å². The van der Waals surface area contributed by atoms with Crippen molar-refractivity contribution in [3.05, 3.63) is 65.2 Å². The summed E-state index contributed by atoms with van der Waals surface area (Å²) in [5.41, 5.74) is 7.84. The molecule has 4 nitrogen and oxygen atoms in total. The maximum atomic E-state index is 12.0. The van der Waals surface area contributed by atoms with Crippen molar-refractivity contribution in [2.75, 3.05) is 0 Å². The van der Waals surface area contributed by atoms with Crippen LogP contribution in [0.15, 0.2) is 53.5 Å². The molecule has 2 aromatic carbocycles. The van der Waals surface area contributed by atoms with Gasteiger partial charge in [0, 0.05) is 18.2 Å². The van der Waals surface area contributed by atoms with Gasteiger partial charge in [0.2, 0.25) is 0 Å². The van der Waals surface area contributed by atoms with E-state index in [2.05, 4.69) is 4.99 Å². The number of rotatable bonds is 5. The Balaban J connectivity index is 2.07. The summed E-state index contributed by atoms with van der Waals surface area (Å²) in [6, 6.07) is 14.2. The summed E-state index contributed by atoms with van der Waals surface area (Å²) in [6.45, 7) is 1.97. The van der Waals surface area contributed by atoms with Crippen LogP contribution in [0.25, 0.3) is 0 Å². The summed E-state index contributed by atoms with van der Waals surface area (Å²) in [6.07, 6.45) is 1.68. The lowest BCUT2D eigenvalue weighted by Crippen LogP contribution is -2.10. The van der Waals surface area contributed by atoms with Gasteiger partial charge in [-0.2, -0.15) is 0 Å². The SMILES string of the molecule is Cc1ccc(C(=O)CC=Nc2ccccc2C(N)=O)cc1. The zero-order valence-electron chi connectivity index (χ0n) is 11.7. The van der Waals surface area contributed by atoms with Gasteiger partial charge < -0.3 is 5.73 Å². The monoisotopic (exact) mass is 280 g/mol. The molecule has 2 rings (SSSR count). The van der Waals surface area contributed by atoms with Crippen molar-refractivity contribution < 1.29 is 9.59 Å². The quantitative estimate of drug-likeness (QED) is 0.675. The second-order valence-electron chi connectivity index (χ2n) is 4.69. The molecule has 0 bridgehead atoms. The number of primary amides is 1. The van der Waals surface area contributed by atoms with Crippen molar-refractivity contribution in [3.63, 3.8) is 0 Å². The molecule has 1 amide bonds. The number of amides is 1. The number of nitrogens with two attached hydrogens (primary N) is 1. The lowest BCUT2D eigenvalue weighted by atomic mass is 10.1. The predicted molar refractivity (Wildman–Crippen MR) is 83.2 cm³/mol. The first-order valence-corrected chi connectivity index (χ1v) is 6.59. The second kappa shape index (κ2) is 6.61. The van der Waals surface area contributed by atoms with Crippen LogP contribution in [-0.4, -0.2) is 17.9 Å². The Morgan fingerprint density at radius 3 is 2.43 bits per heavy atom. The molecule has 106 valence electrons. The summed E-state index contributed by atoms with van der Waals surface area (Å²) in [5.74, 6) is -0.553. The molecule has 2 N–H and O–H groups in total. The fourth-order valence-corrected chi connectivity index (χ4v) is 1.88. The Morgan fingerprint density at radius 2 is 1.76 bits per heavy atom. The Bertz CT molecular complexity index is 688. The number of ketones is 1. The van der Waals surface area contributed by atoms with Crippen molar-refractivity contribution in [1.29, 1.82) is 0 Å². The molecular formula is C17H16N2O2. The van der Waals surface area contributed by atoms with Crippen molar-refractivity contribution in [2.24, 2.45) is 10.7 Å². The van der Waals surface area contributed by atoms with E-state index in [1.807, 2.05) is 19.1 Å². The van der Waals surface area contributed by atoms with Crippen LogP contribution in [0.2, 0.25) is 0 Å². The summed E-state index contributed by atoms with van der Waals surface area (Å²) < 4.78 is 0. The molecule has 21 heavy (non-hydrogen) atoms. The van der Waals surface area contributed by atoms with Crippen LogP contribution in [0.4, 0.5) is 5.69 Å². The highest BCUT2D eigenvalue weighted by atomic mass is 16.1. The van der Waals surface area contributed by atoms with Crippen molar-refractivity contribution in [1.82, 2.24) is 0 Å². The van der Waals surface area contributed by atoms with E-state index in [0.29, 0.717) is 16.8 Å². The molecule has 0 aliphatic heterocycles. The number of hydrogen-bond donors (Lipinski definition) is 1. The lowest BCUT2D eigenvalue weighted by Gasteiger charge is -2.01. The average molecular weight is 280 g/mol. The Labute approximate surface area is 123 Å². The zero-order valence-corrected chi connectivity index (χ0v) is 11.7. The van der Waals surface area contributed by atoms with Crippen LogP contribution in [0.5, 0.6) is 0 Å². The molecule has 0 spiro atoms. The number of aliphatic imine (C=N–C) groups is 1. The molecule has 4 heteroatoms. The highest BCUT2D eigenvalue weighted by Gasteiger charge is 2.06. The van der Waals surface area contributed by atoms with E-state index in [1.54, 1.807) is 36.4 Å². The largest absolute Gasteiger partial charge is 0.366 e. The number of para-hydroxylation sites is 1. The van der Waals surface area contributed by atoms with Crippen LogP contribution < -0.4 is 5.73 Å². The van der Waals surface area contributed by atoms with Crippen LogP contribution >= 0.6 is 0 Å². The van der Waals surface area contributed by atoms with Gasteiger partial charge in [-0.3, -0.25) is 14.6 Å². The standard InChI is InChI=1S/C17H16N2O2/c1-12-6-8-13(9-7-12)16(20)10-11-19-15-5-3-2-4-14(15)17(18)21/h2-9,11H,10H2,1H3,(H2,18,21). The van der Waals surface area contributed by atoms with E-state index < -0.39 is 5.91 Å². The molecule has 0 heterocycles. The molecule has 0 atom stereocenters. The van der Waals surface area contributed by atoms with E-state index in [0.717, 1.165) is 5.56 Å². The molecular weight excluding hydrogens is 264 g/mol. The molecule has 0 fully saturated rings. The van der Waals surface area contributed by atoms with Gasteiger partial charge in [0.15, 0.2) is 5.78 Å². The minimum Gasteiger partial charge on any atom is -0.366 e. The fraction of sp³-hybridized carbons (Fsp3) is 0.118. The molecule has 0 aliphatic rings. The summed E-state index contributed by atoms with van der Waals surface area (Å²) in [4.78, 5) is 27.4. The summed E-state index contributed by atoms with van der Waals surface area (Å²) in [7, 11) is 0. The number of carbonyl (C=O) groups excluding carboxylic acids is 2. The average Bonchev–Trinajstić information content (AvgIpc) is 2.48. The minimum absolute atomic E-state index is 0.0182. The molecule has 0 unspecified atom stereocenters. The zero-order chi connectivity index (χ0) is 15.2. The van der Waals surface area contributed by atoms with Crippen molar-refractivity contribution >= 4 is 23.6 Å². The maximum Gasteiger partial charge on any atom is 0.250 e. The second-order valence-corrected chi connectivity index (χ2v) is 4.69. The number of nitrogens with zero attached hydrogens (tertiary/aromatic N) is 1.